The van der Waals surface area contributed by atoms with Gasteiger partial charge in [0.25, 0.3) is 0 Å². The molecule has 0 saturated carbocycles. The molecule has 29 nitrogen and oxygen atoms in total. The molecular formula is C48H88N2O27S5. The van der Waals surface area contributed by atoms with Crippen LogP contribution in [0.25, 0.3) is 0 Å². The minimum atomic E-state index is -1.82. The monoisotopic (exact) mass is 1280 g/mol. The third kappa shape index (κ3) is 20.5. The number of hydrogen-bond acceptors (Lipinski definition) is 32. The Morgan fingerprint density at radius 1 is 0.463 bits per heavy atom. The van der Waals surface area contributed by atoms with E-state index in [-0.39, 0.29) is 51.3 Å². The highest BCUT2D eigenvalue weighted by Crippen LogP contribution is 2.35. The van der Waals surface area contributed by atoms with Gasteiger partial charge >= 0.3 is 0 Å². The van der Waals surface area contributed by atoms with Crippen molar-refractivity contribution in [1.29, 1.82) is 0 Å². The Morgan fingerprint density at radius 2 is 0.890 bits per heavy atom. The number of ether oxygens (including phenoxy) is 9. The zero-order valence-corrected chi connectivity index (χ0v) is 49.4. The van der Waals surface area contributed by atoms with Crippen LogP contribution in [0, 0.1) is 11.3 Å². The highest BCUT2D eigenvalue weighted by molar-refractivity contribution is 8.00. The van der Waals surface area contributed by atoms with Gasteiger partial charge in [-0.1, -0.05) is 6.92 Å². The third-order valence-corrected chi connectivity index (χ3v) is 19.6. The molecule has 0 bridgehead atoms. The molecule has 10 unspecified atom stereocenters. The molecule has 0 amide bonds. The minimum Gasteiger partial charge on any atom is -0.394 e. The van der Waals surface area contributed by atoms with Crippen LogP contribution in [0.1, 0.15) is 26.2 Å². The van der Waals surface area contributed by atoms with Gasteiger partial charge in [-0.2, -0.15) is 11.8 Å². The van der Waals surface area contributed by atoms with Crippen molar-refractivity contribution < 1.29 is 135 Å². The number of aliphatic hydroxyl groups is 18. The van der Waals surface area contributed by atoms with Gasteiger partial charge in [-0.15, -0.1) is 35.3 Å². The Labute approximate surface area is 497 Å². The maximum absolute atomic E-state index is 11.1. The number of thiocarbonyl (C=S) groups is 1. The van der Waals surface area contributed by atoms with Crippen LogP contribution in [0.15, 0.2) is 0 Å². The van der Waals surface area contributed by atoms with Crippen LogP contribution in [0.2, 0.25) is 0 Å². The summed E-state index contributed by atoms with van der Waals surface area (Å²) in [6.07, 6.45) is -28.6. The molecule has 25 atom stereocenters. The van der Waals surface area contributed by atoms with Crippen molar-refractivity contribution in [2.75, 3.05) is 108 Å². The third-order valence-electron chi connectivity index (χ3n) is 14.5. The van der Waals surface area contributed by atoms with Crippen molar-refractivity contribution in [2.24, 2.45) is 11.3 Å². The van der Waals surface area contributed by atoms with Gasteiger partial charge in [0.1, 0.15) is 120 Å². The number of hydrogen-bond donors (Lipinski definition) is 20. The molecule has 5 aliphatic rings. The number of thioether (sulfide) groups is 4. The smallest absolute Gasteiger partial charge is 0.187 e. The van der Waals surface area contributed by atoms with Gasteiger partial charge in [0.2, 0.25) is 0 Å². The van der Waals surface area contributed by atoms with Crippen molar-refractivity contribution in [1.82, 2.24) is 10.6 Å². The zero-order valence-electron chi connectivity index (χ0n) is 45.3. The average molecular weight is 1290 g/mol. The molecule has 5 aliphatic heterocycles. The Balaban J connectivity index is 1.20. The predicted molar refractivity (Wildman–Crippen MR) is 298 cm³/mol. The summed E-state index contributed by atoms with van der Waals surface area (Å²) in [4.78, 5) is 0. The molecule has 0 radical (unpaired) electrons. The Hall–Kier alpha value is 0.0100. The lowest BCUT2D eigenvalue weighted by molar-refractivity contribution is -0.338. The molecule has 0 aromatic heterocycles. The average Bonchev–Trinajstić information content (AvgIpc) is 3.63. The first-order chi connectivity index (χ1) is 39.1. The summed E-state index contributed by atoms with van der Waals surface area (Å²) in [7, 11) is 0. The molecule has 82 heavy (non-hydrogen) atoms. The van der Waals surface area contributed by atoms with Crippen LogP contribution in [0.4, 0.5) is 0 Å². The highest BCUT2D eigenvalue weighted by Gasteiger charge is 2.51. The molecule has 5 saturated heterocycles. The first kappa shape index (κ1) is 72.8. The largest absolute Gasteiger partial charge is 0.394 e. The summed E-state index contributed by atoms with van der Waals surface area (Å²) in [5.41, 5.74) is -3.90. The molecule has 0 aromatic rings. The highest BCUT2D eigenvalue weighted by atomic mass is 32.2. The zero-order chi connectivity index (χ0) is 60.3. The first-order valence-corrected chi connectivity index (χ1v) is 31.9. The van der Waals surface area contributed by atoms with E-state index in [1.807, 2.05) is 0 Å². The van der Waals surface area contributed by atoms with E-state index in [0.717, 1.165) is 11.8 Å². The second kappa shape index (κ2) is 36.6. The van der Waals surface area contributed by atoms with E-state index < -0.39 is 183 Å². The van der Waals surface area contributed by atoms with E-state index in [9.17, 15) is 91.9 Å². The van der Waals surface area contributed by atoms with Gasteiger partial charge in [0.15, 0.2) is 17.7 Å². The van der Waals surface area contributed by atoms with Gasteiger partial charge in [-0.25, -0.2) is 0 Å². The fourth-order valence-electron chi connectivity index (χ4n) is 9.37. The van der Waals surface area contributed by atoms with Gasteiger partial charge in [0.05, 0.1) is 63.9 Å². The van der Waals surface area contributed by atoms with Crippen molar-refractivity contribution in [3.05, 3.63) is 0 Å². The Bertz CT molecular complexity index is 1740. The maximum atomic E-state index is 11.1. The molecule has 5 fully saturated rings. The van der Waals surface area contributed by atoms with Crippen molar-refractivity contribution in [3.63, 3.8) is 0 Å². The molecule has 34 heteroatoms. The van der Waals surface area contributed by atoms with E-state index in [1.54, 1.807) is 6.92 Å². The lowest BCUT2D eigenvalue weighted by Crippen LogP contribution is -2.64. The molecule has 0 aliphatic carbocycles. The molecule has 482 valence electrons. The normalized spacial score (nSPS) is 40.8. The van der Waals surface area contributed by atoms with Gasteiger partial charge in [-0.3, -0.25) is 0 Å². The Morgan fingerprint density at radius 3 is 1.35 bits per heavy atom. The van der Waals surface area contributed by atoms with E-state index in [1.165, 1.54) is 35.3 Å². The van der Waals surface area contributed by atoms with E-state index in [4.69, 9.17) is 54.8 Å². The van der Waals surface area contributed by atoms with Crippen LogP contribution in [0.5, 0.6) is 0 Å². The molecule has 20 N–H and O–H groups in total. The summed E-state index contributed by atoms with van der Waals surface area (Å²) in [5, 5.41) is 191. The molecule has 5 heterocycles. The van der Waals surface area contributed by atoms with Gasteiger partial charge < -0.3 is 145 Å². The summed E-state index contributed by atoms with van der Waals surface area (Å²) in [6.45, 7) is 0.326. The summed E-state index contributed by atoms with van der Waals surface area (Å²) in [6, 6.07) is 0. The number of aliphatic hydroxyl groups excluding tert-OH is 18. The number of rotatable bonds is 34. The van der Waals surface area contributed by atoms with Crippen molar-refractivity contribution in [2.45, 2.75) is 171 Å². The quantitative estimate of drug-likeness (QED) is 0.0210. The molecule has 5 rings (SSSR count). The van der Waals surface area contributed by atoms with Crippen LogP contribution in [-0.2, 0) is 42.6 Å². The lowest BCUT2D eigenvalue weighted by Gasteiger charge is -2.46. The predicted octanol–water partition coefficient (Wildman–Crippen LogP) is -8.11. The standard InChI is InChI=1S/C48H88N2O27S5/c1-22-27(72-42(68)36(63)28(22)55)17-79-12-5-49-47(78)50-18-48(19-69-6-2-9-80-44-38(65)33(60)30(57)24(14-52)74-44,20-70-7-3-10-81-45-39(66)34(61)31(58)25(15-53)75-45)21-71-8-4-11-82-46-40(67)35(62)41(26(16-54)76-46)77-43-37(64)32(59)29(56)23(13-51)73-43/h22-46,51-68H,2-21H2,1H3,(H2,49,50,78)/t22-,23?,24?,25?,26?,27?,28?,29+,30-,31-,32?,33?,34?,35?,36+,37+,38-,39-,40+,41-,42+,43+,44-,45-,46+,48?/m1/s1. The number of nitrogens with one attached hydrogen (secondary N) is 2. The second-order valence-electron chi connectivity index (χ2n) is 20.8. The summed E-state index contributed by atoms with van der Waals surface area (Å²) < 4.78 is 52.6. The minimum absolute atomic E-state index is 0.0270. The molecule has 0 aromatic carbocycles. The van der Waals surface area contributed by atoms with Crippen molar-refractivity contribution >= 4 is 64.4 Å². The fraction of sp³-hybridized carbons (Fsp3) is 0.979. The van der Waals surface area contributed by atoms with Crippen LogP contribution >= 0.6 is 59.3 Å². The molecular weight excluding hydrogens is 1200 g/mol. The first-order valence-electron chi connectivity index (χ1n) is 27.2. The van der Waals surface area contributed by atoms with Crippen LogP contribution < -0.4 is 10.6 Å². The van der Waals surface area contributed by atoms with Gasteiger partial charge in [0, 0.05) is 50.3 Å². The SMILES string of the molecule is C[C@@H]1C(CSCCNC(=S)NCC(COCCCS[C@H]2OC(CO)[C@@H](O)C(O)[C@H]2O)(COCCCS[C@H]2OC(CO)[C@@H](O)C(O)[C@H]2O)COCCCS[C@@H]2OC(CO)[C@@H](O[C@@H]3OC(CO)[C@H](O)C(O)[C@@H]3O)C(O)[C@@H]2O)O[C@H](O)[C@@H](O)C1O. The fourth-order valence-corrected chi connectivity index (χ4v) is 13.9. The maximum Gasteiger partial charge on any atom is 0.187 e. The van der Waals surface area contributed by atoms with Crippen LogP contribution in [0.3, 0.4) is 0 Å². The van der Waals surface area contributed by atoms with Gasteiger partial charge in [-0.05, 0) is 48.7 Å². The van der Waals surface area contributed by atoms with E-state index >= 15 is 0 Å². The summed E-state index contributed by atoms with van der Waals surface area (Å²) in [5.74, 6) is 1.61. The van der Waals surface area contributed by atoms with Crippen molar-refractivity contribution in [3.8, 4) is 0 Å². The topological polar surface area (TPSA) is 471 Å². The lowest BCUT2D eigenvalue weighted by atomic mass is 9.90. The van der Waals surface area contributed by atoms with E-state index in [0.29, 0.717) is 54.6 Å². The van der Waals surface area contributed by atoms with E-state index in [2.05, 4.69) is 10.6 Å². The second-order valence-corrected chi connectivity index (χ2v) is 26.0. The van der Waals surface area contributed by atoms with Crippen LogP contribution in [-0.4, -0.2) is 350 Å². The Kier molecular flexibility index (Phi) is 32.5. The molecule has 0 spiro atoms. The summed E-state index contributed by atoms with van der Waals surface area (Å²) >= 11 is 10.6.